The van der Waals surface area contributed by atoms with Gasteiger partial charge in [0.15, 0.2) is 5.82 Å². The number of hydrogen-bond acceptors (Lipinski definition) is 4. The second-order valence-corrected chi connectivity index (χ2v) is 2.74. The van der Waals surface area contributed by atoms with Gasteiger partial charge in [-0.2, -0.15) is 4.98 Å². The van der Waals surface area contributed by atoms with Gasteiger partial charge in [-0.25, -0.2) is 4.98 Å². The third-order valence-corrected chi connectivity index (χ3v) is 1.84. The summed E-state index contributed by atoms with van der Waals surface area (Å²) < 4.78 is 6.74. The summed E-state index contributed by atoms with van der Waals surface area (Å²) in [6.07, 6.45) is 5.08. The van der Waals surface area contributed by atoms with Crippen LogP contribution in [-0.2, 0) is 0 Å². The Hall–Kier alpha value is -2.04. The van der Waals surface area contributed by atoms with E-state index < -0.39 is 0 Å². The van der Waals surface area contributed by atoms with Crippen molar-refractivity contribution >= 4 is 5.69 Å². The van der Waals surface area contributed by atoms with Crippen LogP contribution in [0.4, 0.5) is 5.69 Å². The number of aromatic nitrogens is 3. The lowest BCUT2D eigenvalue weighted by atomic mass is 10.4. The van der Waals surface area contributed by atoms with Gasteiger partial charge in [0.1, 0.15) is 6.33 Å². The lowest BCUT2D eigenvalue weighted by Gasteiger charge is -2.06. The Morgan fingerprint density at radius 2 is 2.29 bits per heavy atom. The summed E-state index contributed by atoms with van der Waals surface area (Å²) in [5.41, 5.74) is 6.36. The maximum atomic E-state index is 5.77. The number of nitrogen functional groups attached to an aromatic ring is 1. The van der Waals surface area contributed by atoms with Gasteiger partial charge in [-0.15, -0.1) is 0 Å². The van der Waals surface area contributed by atoms with E-state index in [9.17, 15) is 0 Å². The minimum atomic E-state index is 0.530. The van der Waals surface area contributed by atoms with Crippen LogP contribution in [0.1, 0.15) is 0 Å². The van der Waals surface area contributed by atoms with E-state index in [4.69, 9.17) is 10.5 Å². The van der Waals surface area contributed by atoms with Gasteiger partial charge in [-0.05, 0) is 6.07 Å². The predicted octanol–water partition coefficient (Wildman–Crippen LogP) is 0.858. The highest BCUT2D eigenvalue weighted by Crippen LogP contribution is 2.17. The van der Waals surface area contributed by atoms with E-state index in [2.05, 4.69) is 9.97 Å². The molecule has 2 N–H and O–H groups in total. The largest absolute Gasteiger partial charge is 0.481 e. The van der Waals surface area contributed by atoms with Gasteiger partial charge in [-0.1, -0.05) is 0 Å². The molecule has 5 nitrogen and oxygen atoms in total. The summed E-state index contributed by atoms with van der Waals surface area (Å²) in [5.74, 6) is 1.16. The molecule has 0 aromatic carbocycles. The summed E-state index contributed by atoms with van der Waals surface area (Å²) in [5, 5.41) is 0. The van der Waals surface area contributed by atoms with Gasteiger partial charge >= 0.3 is 0 Å². The molecule has 14 heavy (non-hydrogen) atoms. The van der Waals surface area contributed by atoms with Crippen LogP contribution in [0.25, 0.3) is 5.82 Å². The summed E-state index contributed by atoms with van der Waals surface area (Å²) in [7, 11) is 1.57. The molecule has 0 bridgehead atoms. The normalized spacial score (nSPS) is 10.1. The Morgan fingerprint density at radius 3 is 2.93 bits per heavy atom. The molecule has 2 rings (SSSR count). The molecule has 2 aromatic heterocycles. The quantitative estimate of drug-likeness (QED) is 0.762. The molecule has 0 aliphatic carbocycles. The molecule has 0 saturated carbocycles. The second-order valence-electron chi connectivity index (χ2n) is 2.74. The first kappa shape index (κ1) is 8.55. The Labute approximate surface area is 81.2 Å². The lowest BCUT2D eigenvalue weighted by molar-refractivity contribution is 0.397. The van der Waals surface area contributed by atoms with Gasteiger partial charge in [0.2, 0.25) is 5.88 Å². The fourth-order valence-corrected chi connectivity index (χ4v) is 1.15. The molecule has 0 aliphatic heterocycles. The van der Waals surface area contributed by atoms with Crippen LogP contribution in [0.3, 0.4) is 0 Å². The highest BCUT2D eigenvalue weighted by molar-refractivity contribution is 5.54. The minimum Gasteiger partial charge on any atom is -0.481 e. The average molecular weight is 190 g/mol. The van der Waals surface area contributed by atoms with E-state index in [0.29, 0.717) is 17.4 Å². The molecule has 0 saturated heterocycles. The van der Waals surface area contributed by atoms with E-state index in [1.165, 1.54) is 0 Å². The van der Waals surface area contributed by atoms with Crippen molar-refractivity contribution in [3.63, 3.8) is 0 Å². The van der Waals surface area contributed by atoms with Gasteiger partial charge in [-0.3, -0.25) is 4.57 Å². The van der Waals surface area contributed by atoms with Crippen LogP contribution < -0.4 is 10.5 Å². The summed E-state index contributed by atoms with van der Waals surface area (Å²) >= 11 is 0. The number of ether oxygens (including phenoxy) is 1. The van der Waals surface area contributed by atoms with Crippen molar-refractivity contribution < 1.29 is 4.74 Å². The van der Waals surface area contributed by atoms with Crippen molar-refractivity contribution in [3.8, 4) is 11.7 Å². The average Bonchev–Trinajstić information content (AvgIpc) is 2.71. The molecular formula is C9H10N4O. The number of hydrogen-bond donors (Lipinski definition) is 1. The van der Waals surface area contributed by atoms with Crippen molar-refractivity contribution in [2.75, 3.05) is 12.8 Å². The molecule has 0 amide bonds. The Kier molecular flexibility index (Phi) is 2.06. The maximum Gasteiger partial charge on any atom is 0.215 e. The second kappa shape index (κ2) is 3.37. The molecule has 2 aromatic rings. The molecule has 0 atom stereocenters. The van der Waals surface area contributed by atoms with Crippen molar-refractivity contribution in [2.45, 2.75) is 0 Å². The van der Waals surface area contributed by atoms with Gasteiger partial charge < -0.3 is 10.5 Å². The molecule has 0 spiro atoms. The van der Waals surface area contributed by atoms with Crippen LogP contribution in [0.5, 0.6) is 5.88 Å². The molecule has 0 unspecified atom stereocenters. The van der Waals surface area contributed by atoms with E-state index in [1.54, 1.807) is 42.5 Å². The standard InChI is InChI=1S/C9H10N4O/c1-14-8-3-2-7(10)9(12-8)13-5-4-11-6-13/h2-6H,10H2,1H3. The summed E-state index contributed by atoms with van der Waals surface area (Å²) in [6.45, 7) is 0. The highest BCUT2D eigenvalue weighted by atomic mass is 16.5. The third-order valence-electron chi connectivity index (χ3n) is 1.84. The number of anilines is 1. The van der Waals surface area contributed by atoms with E-state index in [1.807, 2.05) is 0 Å². The zero-order valence-corrected chi connectivity index (χ0v) is 7.71. The SMILES string of the molecule is COc1ccc(N)c(-n2ccnc2)n1. The van der Waals surface area contributed by atoms with Gasteiger partial charge in [0.25, 0.3) is 0 Å². The van der Waals surface area contributed by atoms with Crippen molar-refractivity contribution in [1.29, 1.82) is 0 Å². The Bertz CT molecular complexity index is 424. The number of pyridine rings is 1. The molecule has 72 valence electrons. The van der Waals surface area contributed by atoms with Crippen molar-refractivity contribution in [2.24, 2.45) is 0 Å². The molecule has 0 fully saturated rings. The molecule has 0 aliphatic rings. The van der Waals surface area contributed by atoms with Crippen LogP contribution in [0.15, 0.2) is 30.9 Å². The van der Waals surface area contributed by atoms with Gasteiger partial charge in [0.05, 0.1) is 12.8 Å². The monoisotopic (exact) mass is 190 g/mol. The first-order chi connectivity index (χ1) is 6.81. The first-order valence-electron chi connectivity index (χ1n) is 4.10. The van der Waals surface area contributed by atoms with E-state index in [0.717, 1.165) is 0 Å². The number of rotatable bonds is 2. The maximum absolute atomic E-state index is 5.77. The zero-order chi connectivity index (χ0) is 9.97. The third kappa shape index (κ3) is 1.39. The first-order valence-corrected chi connectivity index (χ1v) is 4.10. The van der Waals surface area contributed by atoms with Crippen molar-refractivity contribution in [1.82, 2.24) is 14.5 Å². The molecular weight excluding hydrogens is 180 g/mol. The van der Waals surface area contributed by atoms with Gasteiger partial charge in [0, 0.05) is 18.5 Å². The smallest absolute Gasteiger partial charge is 0.215 e. The summed E-state index contributed by atoms with van der Waals surface area (Å²) in [6, 6.07) is 3.47. The topological polar surface area (TPSA) is 66.0 Å². The number of methoxy groups -OCH3 is 1. The highest BCUT2D eigenvalue weighted by Gasteiger charge is 2.04. The fourth-order valence-electron chi connectivity index (χ4n) is 1.15. The minimum absolute atomic E-state index is 0.530. The number of nitrogens with zero attached hydrogens (tertiary/aromatic N) is 3. The zero-order valence-electron chi connectivity index (χ0n) is 7.71. The van der Waals surface area contributed by atoms with Crippen molar-refractivity contribution in [3.05, 3.63) is 30.9 Å². The van der Waals surface area contributed by atoms with E-state index in [-0.39, 0.29) is 0 Å². The fraction of sp³-hybridized carbons (Fsp3) is 0.111. The molecule has 2 heterocycles. The van der Waals surface area contributed by atoms with Crippen LogP contribution in [-0.4, -0.2) is 21.6 Å². The lowest BCUT2D eigenvalue weighted by Crippen LogP contribution is -2.01. The van der Waals surface area contributed by atoms with Crippen LogP contribution in [0, 0.1) is 0 Å². The number of imidazole rings is 1. The predicted molar refractivity (Wildman–Crippen MR) is 52.3 cm³/mol. The molecule has 5 heteroatoms. The van der Waals surface area contributed by atoms with Crippen LogP contribution in [0.2, 0.25) is 0 Å². The van der Waals surface area contributed by atoms with E-state index >= 15 is 0 Å². The van der Waals surface area contributed by atoms with Crippen LogP contribution >= 0.6 is 0 Å². The Balaban J connectivity index is 2.51. The summed E-state index contributed by atoms with van der Waals surface area (Å²) in [4.78, 5) is 8.13. The number of nitrogens with two attached hydrogens (primary N) is 1. The Morgan fingerprint density at radius 1 is 1.43 bits per heavy atom. The molecule has 0 radical (unpaired) electrons.